The molecule has 0 radical (unpaired) electrons. The molecule has 0 aliphatic carbocycles. The number of thiazole rings is 1. The summed E-state index contributed by atoms with van der Waals surface area (Å²) >= 11 is 1.00. The van der Waals surface area contributed by atoms with Gasteiger partial charge < -0.3 is 19.5 Å². The number of rotatable bonds is 7. The van der Waals surface area contributed by atoms with E-state index < -0.39 is 18.0 Å². The van der Waals surface area contributed by atoms with Crippen molar-refractivity contribution in [1.29, 1.82) is 0 Å². The summed E-state index contributed by atoms with van der Waals surface area (Å²) in [7, 11) is 3.00. The molecule has 8 nitrogen and oxygen atoms in total. The quantitative estimate of drug-likeness (QED) is 0.736. The molecule has 0 aliphatic rings. The summed E-state index contributed by atoms with van der Waals surface area (Å²) in [6.07, 6.45) is -1.02. The number of methoxy groups -OCH3 is 2. The summed E-state index contributed by atoms with van der Waals surface area (Å²) < 4.78 is 16.7. The molecule has 0 spiro atoms. The third kappa shape index (κ3) is 4.63. The van der Waals surface area contributed by atoms with Crippen molar-refractivity contribution in [3.05, 3.63) is 38.9 Å². The van der Waals surface area contributed by atoms with Crippen LogP contribution in [0.3, 0.4) is 0 Å². The van der Waals surface area contributed by atoms with Gasteiger partial charge in [-0.1, -0.05) is 11.3 Å². The molecule has 1 aromatic carbocycles. The summed E-state index contributed by atoms with van der Waals surface area (Å²) in [6, 6.07) is 4.89. The van der Waals surface area contributed by atoms with Crippen LogP contribution >= 0.6 is 11.3 Å². The van der Waals surface area contributed by atoms with E-state index in [1.165, 1.54) is 25.7 Å². The normalized spacial score (nSPS) is 11.5. The maximum Gasteiger partial charge on any atom is 0.326 e. The molecule has 0 unspecified atom stereocenters. The summed E-state index contributed by atoms with van der Waals surface area (Å²) in [5.74, 6) is -0.174. The fraction of sp³-hybridized carbons (Fsp3) is 0.353. The summed E-state index contributed by atoms with van der Waals surface area (Å²) in [6.45, 7) is 2.94. The number of benzene rings is 1. The number of amides is 1. The lowest BCUT2D eigenvalue weighted by Gasteiger charge is -2.15. The highest BCUT2D eigenvalue weighted by atomic mass is 32.1. The van der Waals surface area contributed by atoms with Gasteiger partial charge in [0.2, 0.25) is 0 Å². The molecule has 1 atom stereocenters. The molecule has 1 heterocycles. The molecule has 0 fully saturated rings. The van der Waals surface area contributed by atoms with Gasteiger partial charge in [0, 0.05) is 22.8 Å². The Balaban J connectivity index is 1.97. The minimum absolute atomic E-state index is 0.234. The van der Waals surface area contributed by atoms with E-state index in [1.54, 1.807) is 30.5 Å². The summed E-state index contributed by atoms with van der Waals surface area (Å²) in [5, 5.41) is 4.29. The number of aryl methyl sites for hydroxylation is 1. The van der Waals surface area contributed by atoms with Crippen LogP contribution in [0.25, 0.3) is 0 Å². The molecule has 1 N–H and O–H groups in total. The number of anilines is 1. The molecule has 140 valence electrons. The summed E-state index contributed by atoms with van der Waals surface area (Å²) in [4.78, 5) is 35.6. The first-order valence-electron chi connectivity index (χ1n) is 7.73. The standard InChI is InChI=1S/C17H20N2O6S/c1-10-9-26-17(22)19(10)8-15(20)25-11(2)16(21)18-12-5-6-13(23-3)14(7-12)24-4/h5-7,9,11H,8H2,1-4H3,(H,18,21)/t11-/m1/s1. The van der Waals surface area contributed by atoms with E-state index in [1.807, 2.05) is 0 Å². The molecule has 0 aliphatic heterocycles. The maximum absolute atomic E-state index is 12.2. The Morgan fingerprint density at radius 1 is 1.23 bits per heavy atom. The zero-order valence-electron chi connectivity index (χ0n) is 14.9. The molecule has 9 heteroatoms. The van der Waals surface area contributed by atoms with Crippen molar-refractivity contribution in [3.8, 4) is 11.5 Å². The Morgan fingerprint density at radius 2 is 1.92 bits per heavy atom. The fourth-order valence-corrected chi connectivity index (χ4v) is 2.91. The van der Waals surface area contributed by atoms with E-state index in [2.05, 4.69) is 5.32 Å². The van der Waals surface area contributed by atoms with Crippen LogP contribution < -0.4 is 19.7 Å². The van der Waals surface area contributed by atoms with Crippen LogP contribution in [-0.2, 0) is 20.9 Å². The van der Waals surface area contributed by atoms with E-state index in [0.717, 1.165) is 11.3 Å². The van der Waals surface area contributed by atoms with Crippen LogP contribution in [0.1, 0.15) is 12.6 Å². The molecule has 26 heavy (non-hydrogen) atoms. The monoisotopic (exact) mass is 380 g/mol. The fourth-order valence-electron chi connectivity index (χ4n) is 2.17. The van der Waals surface area contributed by atoms with E-state index in [4.69, 9.17) is 14.2 Å². The predicted molar refractivity (Wildman–Crippen MR) is 97.0 cm³/mol. The number of carbonyl (C=O) groups excluding carboxylic acids is 2. The van der Waals surface area contributed by atoms with Gasteiger partial charge in [0.05, 0.1) is 14.2 Å². The Kier molecular flexibility index (Phi) is 6.40. The van der Waals surface area contributed by atoms with E-state index in [-0.39, 0.29) is 11.4 Å². The number of hydrogen-bond acceptors (Lipinski definition) is 7. The zero-order valence-corrected chi connectivity index (χ0v) is 15.7. The van der Waals surface area contributed by atoms with Gasteiger partial charge in [-0.25, -0.2) is 0 Å². The largest absolute Gasteiger partial charge is 0.493 e. The molecule has 0 saturated heterocycles. The number of nitrogens with zero attached hydrogens (tertiary/aromatic N) is 1. The third-order valence-corrected chi connectivity index (χ3v) is 4.47. The second-order valence-electron chi connectivity index (χ2n) is 5.42. The first-order chi connectivity index (χ1) is 12.3. The van der Waals surface area contributed by atoms with Crippen molar-refractivity contribution in [2.45, 2.75) is 26.5 Å². The van der Waals surface area contributed by atoms with Crippen molar-refractivity contribution in [1.82, 2.24) is 4.57 Å². The van der Waals surface area contributed by atoms with Crippen LogP contribution in [0.5, 0.6) is 11.5 Å². The number of nitrogens with one attached hydrogen (secondary N) is 1. The van der Waals surface area contributed by atoms with Crippen LogP contribution in [0.15, 0.2) is 28.4 Å². The highest BCUT2D eigenvalue weighted by molar-refractivity contribution is 7.07. The van der Waals surface area contributed by atoms with E-state index >= 15 is 0 Å². The van der Waals surface area contributed by atoms with Crippen molar-refractivity contribution >= 4 is 28.9 Å². The smallest absolute Gasteiger partial charge is 0.326 e. The number of esters is 1. The number of carbonyl (C=O) groups is 2. The molecule has 0 bridgehead atoms. The van der Waals surface area contributed by atoms with Gasteiger partial charge >= 0.3 is 10.8 Å². The van der Waals surface area contributed by atoms with Gasteiger partial charge in [-0.05, 0) is 26.0 Å². The van der Waals surface area contributed by atoms with Gasteiger partial charge in [-0.15, -0.1) is 0 Å². The first kappa shape index (κ1) is 19.5. The molecule has 2 aromatic rings. The molecular formula is C17H20N2O6S. The van der Waals surface area contributed by atoms with Crippen molar-refractivity contribution < 1.29 is 23.8 Å². The van der Waals surface area contributed by atoms with Crippen molar-refractivity contribution in [3.63, 3.8) is 0 Å². The lowest BCUT2D eigenvalue weighted by molar-refractivity contribution is -0.153. The maximum atomic E-state index is 12.2. The molecule has 1 amide bonds. The van der Waals surface area contributed by atoms with Crippen LogP contribution in [0.2, 0.25) is 0 Å². The zero-order chi connectivity index (χ0) is 19.3. The molecular weight excluding hydrogens is 360 g/mol. The highest BCUT2D eigenvalue weighted by Crippen LogP contribution is 2.29. The summed E-state index contributed by atoms with van der Waals surface area (Å²) in [5.41, 5.74) is 1.14. The van der Waals surface area contributed by atoms with Gasteiger partial charge in [-0.2, -0.15) is 0 Å². The van der Waals surface area contributed by atoms with Crippen molar-refractivity contribution in [2.24, 2.45) is 0 Å². The van der Waals surface area contributed by atoms with Crippen molar-refractivity contribution in [2.75, 3.05) is 19.5 Å². The Morgan fingerprint density at radius 3 is 2.50 bits per heavy atom. The number of aromatic nitrogens is 1. The Labute approximate surface area is 154 Å². The van der Waals surface area contributed by atoms with Crippen LogP contribution in [-0.4, -0.2) is 36.8 Å². The Bertz CT molecular complexity index is 857. The minimum Gasteiger partial charge on any atom is -0.493 e. The molecule has 1 aromatic heterocycles. The van der Waals surface area contributed by atoms with Crippen LogP contribution in [0.4, 0.5) is 5.69 Å². The van der Waals surface area contributed by atoms with Gasteiger partial charge in [0.15, 0.2) is 17.6 Å². The average Bonchev–Trinajstić information content (AvgIpc) is 2.93. The lowest BCUT2D eigenvalue weighted by atomic mass is 10.2. The first-order valence-corrected chi connectivity index (χ1v) is 8.61. The topological polar surface area (TPSA) is 95.9 Å². The molecule has 2 rings (SSSR count). The second-order valence-corrected chi connectivity index (χ2v) is 6.24. The SMILES string of the molecule is COc1ccc(NC(=O)[C@@H](C)OC(=O)Cn2c(C)csc2=O)cc1OC. The molecule has 0 saturated carbocycles. The highest BCUT2D eigenvalue weighted by Gasteiger charge is 2.19. The van der Waals surface area contributed by atoms with E-state index in [9.17, 15) is 14.4 Å². The number of ether oxygens (including phenoxy) is 3. The van der Waals surface area contributed by atoms with Gasteiger partial charge in [-0.3, -0.25) is 19.0 Å². The van der Waals surface area contributed by atoms with E-state index in [0.29, 0.717) is 22.9 Å². The number of hydrogen-bond donors (Lipinski definition) is 1. The van der Waals surface area contributed by atoms with Gasteiger partial charge in [0.1, 0.15) is 6.54 Å². The Hall–Kier alpha value is -2.81. The van der Waals surface area contributed by atoms with Gasteiger partial charge in [0.25, 0.3) is 5.91 Å². The average molecular weight is 380 g/mol. The minimum atomic E-state index is -1.02. The third-order valence-electron chi connectivity index (χ3n) is 3.59. The predicted octanol–water partition coefficient (Wildman–Crippen LogP) is 1.81. The second kappa shape index (κ2) is 8.52. The van der Waals surface area contributed by atoms with Crippen LogP contribution in [0, 0.1) is 6.92 Å². The lowest BCUT2D eigenvalue weighted by Crippen LogP contribution is -2.32.